The van der Waals surface area contributed by atoms with Gasteiger partial charge in [-0.2, -0.15) is 0 Å². The van der Waals surface area contributed by atoms with Gasteiger partial charge in [0, 0.05) is 37.9 Å². The molecule has 0 fully saturated rings. The lowest BCUT2D eigenvalue weighted by Gasteiger charge is -2.20. The van der Waals surface area contributed by atoms with Crippen LogP contribution in [-0.2, 0) is 6.61 Å². The predicted octanol–water partition coefficient (Wildman–Crippen LogP) is 1.64. The number of likely N-dealkylation sites (N-methyl/N-ethyl adjacent to an activating group) is 1. The van der Waals surface area contributed by atoms with Gasteiger partial charge in [-0.05, 0) is 29.8 Å². The van der Waals surface area contributed by atoms with Crippen LogP contribution < -0.4 is 10.2 Å². The van der Waals surface area contributed by atoms with E-state index >= 15 is 0 Å². The third kappa shape index (κ3) is 4.96. The van der Waals surface area contributed by atoms with Gasteiger partial charge in [0.2, 0.25) is 0 Å². The lowest BCUT2D eigenvalue weighted by molar-refractivity contribution is 0.175. The fraction of sp³-hybridized carbons (Fsp3) is 0.333. The van der Waals surface area contributed by atoms with E-state index in [1.165, 1.54) is 6.07 Å². The molecule has 0 bridgehead atoms. The predicted molar refractivity (Wildman–Crippen MR) is 91.6 cm³/mol. The zero-order valence-electron chi connectivity index (χ0n) is 13.3. The molecule has 1 unspecified atom stereocenters. The fourth-order valence-electron chi connectivity index (χ4n) is 2.35. The summed E-state index contributed by atoms with van der Waals surface area (Å²) in [7, 11) is 2.03. The summed E-state index contributed by atoms with van der Waals surface area (Å²) < 4.78 is 0. The normalized spacial score (nSPS) is 12.1. The molecule has 23 heavy (non-hydrogen) atoms. The molecule has 1 atom stereocenters. The van der Waals surface area contributed by atoms with Gasteiger partial charge in [0.25, 0.3) is 0 Å². The molecule has 2 aromatic rings. The average Bonchev–Trinajstić information content (AvgIpc) is 2.59. The molecule has 0 heterocycles. The van der Waals surface area contributed by atoms with E-state index in [4.69, 9.17) is 5.11 Å². The largest absolute Gasteiger partial charge is 0.508 e. The van der Waals surface area contributed by atoms with Gasteiger partial charge in [-0.25, -0.2) is 0 Å². The summed E-state index contributed by atoms with van der Waals surface area (Å²) in [4.78, 5) is 2.14. The van der Waals surface area contributed by atoms with Crippen LogP contribution >= 0.6 is 0 Å². The second-order valence-corrected chi connectivity index (χ2v) is 5.52. The van der Waals surface area contributed by atoms with Crippen LogP contribution in [0.15, 0.2) is 48.5 Å². The monoisotopic (exact) mass is 316 g/mol. The Morgan fingerprint density at radius 3 is 2.57 bits per heavy atom. The van der Waals surface area contributed by atoms with Crippen molar-refractivity contribution in [3.05, 3.63) is 59.7 Å². The van der Waals surface area contributed by atoms with E-state index in [0.717, 1.165) is 18.8 Å². The van der Waals surface area contributed by atoms with Gasteiger partial charge in [-0.15, -0.1) is 0 Å². The molecule has 5 heteroatoms. The number of aliphatic hydroxyl groups is 2. The zero-order valence-corrected chi connectivity index (χ0v) is 13.3. The fourth-order valence-corrected chi connectivity index (χ4v) is 2.35. The van der Waals surface area contributed by atoms with E-state index in [9.17, 15) is 10.2 Å². The molecular formula is C18H24N2O3. The van der Waals surface area contributed by atoms with E-state index in [1.807, 2.05) is 25.2 Å². The third-order valence-corrected chi connectivity index (χ3v) is 3.82. The molecule has 0 amide bonds. The number of hydrogen-bond donors (Lipinski definition) is 4. The molecule has 0 aliphatic rings. The van der Waals surface area contributed by atoms with E-state index in [-0.39, 0.29) is 12.4 Å². The Balaban J connectivity index is 1.77. The number of nitrogens with one attached hydrogen (secondary N) is 1. The molecule has 5 nitrogen and oxygen atoms in total. The summed E-state index contributed by atoms with van der Waals surface area (Å²) in [6.45, 7) is 1.74. The second kappa shape index (κ2) is 8.53. The molecular weight excluding hydrogens is 292 g/mol. The Labute approximate surface area is 136 Å². The van der Waals surface area contributed by atoms with Gasteiger partial charge in [0.15, 0.2) is 0 Å². The van der Waals surface area contributed by atoms with Gasteiger partial charge < -0.3 is 25.5 Å². The van der Waals surface area contributed by atoms with Crippen LogP contribution in [0, 0.1) is 0 Å². The van der Waals surface area contributed by atoms with E-state index < -0.39 is 6.10 Å². The van der Waals surface area contributed by atoms with Crippen LogP contribution in [0.3, 0.4) is 0 Å². The molecule has 0 saturated carbocycles. The first-order chi connectivity index (χ1) is 11.1. The number of phenols is 1. The van der Waals surface area contributed by atoms with Crippen LogP contribution in [0.25, 0.3) is 0 Å². The van der Waals surface area contributed by atoms with Gasteiger partial charge in [0.05, 0.1) is 12.7 Å². The van der Waals surface area contributed by atoms with Crippen molar-refractivity contribution in [3.8, 4) is 5.75 Å². The first-order valence-electron chi connectivity index (χ1n) is 7.69. The molecule has 0 aliphatic heterocycles. The molecule has 0 aliphatic carbocycles. The standard InChI is InChI=1S/C18H24N2O3/c1-20(16-5-3-2-4-6-16)10-9-19-12-18(23)14-7-8-17(22)15(11-14)13-21/h2-8,11,18-19,21-23H,9-10,12-13H2,1H3. The van der Waals surface area contributed by atoms with Crippen LogP contribution in [0.4, 0.5) is 5.69 Å². The second-order valence-electron chi connectivity index (χ2n) is 5.52. The van der Waals surface area contributed by atoms with E-state index in [1.54, 1.807) is 12.1 Å². The van der Waals surface area contributed by atoms with Crippen molar-refractivity contribution < 1.29 is 15.3 Å². The topological polar surface area (TPSA) is 76.0 Å². The van der Waals surface area contributed by atoms with Crippen molar-refractivity contribution in [2.24, 2.45) is 0 Å². The van der Waals surface area contributed by atoms with Gasteiger partial charge in [-0.1, -0.05) is 24.3 Å². The van der Waals surface area contributed by atoms with Crippen LogP contribution in [-0.4, -0.2) is 42.0 Å². The highest BCUT2D eigenvalue weighted by Gasteiger charge is 2.10. The summed E-state index contributed by atoms with van der Waals surface area (Å²) in [6.07, 6.45) is -0.678. The molecule has 124 valence electrons. The maximum absolute atomic E-state index is 10.2. The van der Waals surface area contributed by atoms with Gasteiger partial charge >= 0.3 is 0 Å². The third-order valence-electron chi connectivity index (χ3n) is 3.82. The Morgan fingerprint density at radius 2 is 1.87 bits per heavy atom. The van der Waals surface area contributed by atoms with Crippen molar-refractivity contribution in [1.82, 2.24) is 5.32 Å². The number of benzene rings is 2. The Kier molecular flexibility index (Phi) is 6.40. The summed E-state index contributed by atoms with van der Waals surface area (Å²) in [5, 5.41) is 32.1. The minimum absolute atomic E-state index is 0.0425. The van der Waals surface area contributed by atoms with Crippen molar-refractivity contribution in [2.45, 2.75) is 12.7 Å². The quantitative estimate of drug-likeness (QED) is 0.557. The highest BCUT2D eigenvalue weighted by Crippen LogP contribution is 2.22. The van der Waals surface area contributed by atoms with Crippen molar-refractivity contribution in [1.29, 1.82) is 0 Å². The Hall–Kier alpha value is -2.08. The van der Waals surface area contributed by atoms with Crippen LogP contribution in [0.5, 0.6) is 5.75 Å². The molecule has 0 spiro atoms. The average molecular weight is 316 g/mol. The summed E-state index contributed by atoms with van der Waals surface area (Å²) in [5.74, 6) is 0.0425. The van der Waals surface area contributed by atoms with Crippen LogP contribution in [0.1, 0.15) is 17.2 Å². The number of nitrogens with zero attached hydrogens (tertiary/aromatic N) is 1. The lowest BCUT2D eigenvalue weighted by Crippen LogP contribution is -2.31. The maximum Gasteiger partial charge on any atom is 0.121 e. The minimum Gasteiger partial charge on any atom is -0.508 e. The highest BCUT2D eigenvalue weighted by atomic mass is 16.3. The number of hydrogen-bond acceptors (Lipinski definition) is 5. The molecule has 2 rings (SSSR count). The SMILES string of the molecule is CN(CCNCC(O)c1ccc(O)c(CO)c1)c1ccccc1. The van der Waals surface area contributed by atoms with Gasteiger partial charge in [0.1, 0.15) is 5.75 Å². The number of para-hydroxylation sites is 1. The summed E-state index contributed by atoms with van der Waals surface area (Å²) >= 11 is 0. The highest BCUT2D eigenvalue weighted by molar-refractivity contribution is 5.44. The Bertz CT molecular complexity index is 604. The van der Waals surface area contributed by atoms with Gasteiger partial charge in [-0.3, -0.25) is 0 Å². The van der Waals surface area contributed by atoms with Crippen LogP contribution in [0.2, 0.25) is 0 Å². The van der Waals surface area contributed by atoms with Crippen molar-refractivity contribution >= 4 is 5.69 Å². The summed E-state index contributed by atoms with van der Waals surface area (Å²) in [6, 6.07) is 14.9. The number of aliphatic hydroxyl groups excluding tert-OH is 2. The lowest BCUT2D eigenvalue weighted by atomic mass is 10.1. The van der Waals surface area contributed by atoms with Crippen molar-refractivity contribution in [3.63, 3.8) is 0 Å². The number of anilines is 1. The molecule has 4 N–H and O–H groups in total. The Morgan fingerprint density at radius 1 is 1.13 bits per heavy atom. The molecule has 0 aromatic heterocycles. The number of rotatable bonds is 8. The van der Waals surface area contributed by atoms with E-state index in [0.29, 0.717) is 17.7 Å². The van der Waals surface area contributed by atoms with Crippen molar-refractivity contribution in [2.75, 3.05) is 31.6 Å². The molecule has 0 radical (unpaired) electrons. The zero-order chi connectivity index (χ0) is 16.7. The minimum atomic E-state index is -0.678. The van der Waals surface area contributed by atoms with E-state index in [2.05, 4.69) is 22.3 Å². The summed E-state index contributed by atoms with van der Waals surface area (Å²) in [5.41, 5.74) is 2.25. The molecule has 2 aromatic carbocycles. The number of aromatic hydroxyl groups is 1. The first kappa shape index (κ1) is 17.3. The molecule has 0 saturated heterocycles. The maximum atomic E-state index is 10.2. The first-order valence-corrected chi connectivity index (χ1v) is 7.69. The smallest absolute Gasteiger partial charge is 0.121 e.